The Morgan fingerprint density at radius 1 is 1.62 bits per heavy atom. The van der Waals surface area contributed by atoms with Crippen molar-refractivity contribution in [3.8, 4) is 11.9 Å². The lowest BCUT2D eigenvalue weighted by Gasteiger charge is -2.04. The molecule has 16 heavy (non-hydrogen) atoms. The highest BCUT2D eigenvalue weighted by Gasteiger charge is 2.13. The van der Waals surface area contributed by atoms with Crippen molar-refractivity contribution in [2.75, 3.05) is 6.61 Å². The summed E-state index contributed by atoms with van der Waals surface area (Å²) in [7, 11) is 0. The highest BCUT2D eigenvalue weighted by atomic mass is 16.5. The van der Waals surface area contributed by atoms with E-state index < -0.39 is 6.10 Å². The Morgan fingerprint density at radius 2 is 2.44 bits per heavy atom. The minimum Gasteiger partial charge on any atom is -0.473 e. The predicted octanol–water partition coefficient (Wildman–Crippen LogP) is 0.966. The Bertz CT molecular complexity index is 540. The molecular weight excluding hydrogens is 206 g/mol. The molecule has 2 rings (SSSR count). The lowest BCUT2D eigenvalue weighted by atomic mass is 10.3. The van der Waals surface area contributed by atoms with Gasteiger partial charge in [-0.2, -0.15) is 5.26 Å². The van der Waals surface area contributed by atoms with Crippen LogP contribution >= 0.6 is 0 Å². The van der Waals surface area contributed by atoms with Gasteiger partial charge in [0.2, 0.25) is 0 Å². The zero-order chi connectivity index (χ0) is 11.5. The molecule has 0 aromatic carbocycles. The predicted molar refractivity (Wildman–Crippen MR) is 57.1 cm³/mol. The minimum atomic E-state index is -0.587. The van der Waals surface area contributed by atoms with Crippen LogP contribution in [-0.2, 0) is 0 Å². The lowest BCUT2D eigenvalue weighted by Crippen LogP contribution is -2.13. The molecule has 0 amide bonds. The van der Waals surface area contributed by atoms with Gasteiger partial charge in [0, 0.05) is 6.20 Å². The standard InChI is InChI=1S/C11H11N3O2/c1-8(15)7-16-11-9(6-12)10-4-2-3-5-14(10)13-11/h2-5,8,15H,7H2,1H3/t8-/m0/s1. The summed E-state index contributed by atoms with van der Waals surface area (Å²) in [4.78, 5) is 0. The van der Waals surface area contributed by atoms with Crippen molar-refractivity contribution in [2.24, 2.45) is 0 Å². The highest BCUT2D eigenvalue weighted by Crippen LogP contribution is 2.21. The SMILES string of the molecule is C[C@H](O)COc1nn2ccccc2c1C#N. The Kier molecular flexibility index (Phi) is 2.75. The fraction of sp³-hybridized carbons (Fsp3) is 0.273. The molecule has 0 saturated carbocycles. The molecular formula is C11H11N3O2. The van der Waals surface area contributed by atoms with Crippen LogP contribution in [0.1, 0.15) is 12.5 Å². The molecule has 0 aliphatic heterocycles. The maximum atomic E-state index is 9.11. The van der Waals surface area contributed by atoms with Gasteiger partial charge >= 0.3 is 0 Å². The van der Waals surface area contributed by atoms with Crippen molar-refractivity contribution in [3.63, 3.8) is 0 Å². The van der Waals surface area contributed by atoms with E-state index in [-0.39, 0.29) is 12.5 Å². The van der Waals surface area contributed by atoms with Gasteiger partial charge in [0.05, 0.1) is 11.6 Å². The molecule has 2 aromatic rings. The molecule has 2 heterocycles. The largest absolute Gasteiger partial charge is 0.473 e. The summed E-state index contributed by atoms with van der Waals surface area (Å²) >= 11 is 0. The van der Waals surface area contributed by atoms with Crippen LogP contribution in [-0.4, -0.2) is 27.4 Å². The van der Waals surface area contributed by atoms with Crippen LogP contribution in [0.15, 0.2) is 24.4 Å². The van der Waals surface area contributed by atoms with Gasteiger partial charge in [-0.1, -0.05) is 6.07 Å². The number of fused-ring (bicyclic) bond motifs is 1. The Balaban J connectivity index is 2.41. The summed E-state index contributed by atoms with van der Waals surface area (Å²) in [6.07, 6.45) is 1.15. The first-order valence-electron chi connectivity index (χ1n) is 4.90. The average Bonchev–Trinajstić information content (AvgIpc) is 2.63. The van der Waals surface area contributed by atoms with E-state index in [1.54, 1.807) is 23.7 Å². The molecule has 0 bridgehead atoms. The minimum absolute atomic E-state index is 0.124. The molecule has 0 aliphatic carbocycles. The smallest absolute Gasteiger partial charge is 0.252 e. The third-order valence-electron chi connectivity index (χ3n) is 2.08. The number of aliphatic hydroxyl groups excluding tert-OH is 1. The summed E-state index contributed by atoms with van der Waals surface area (Å²) in [5.74, 6) is 0.259. The normalized spacial score (nSPS) is 12.3. The third kappa shape index (κ3) is 1.83. The van der Waals surface area contributed by atoms with Crippen LogP contribution in [0.4, 0.5) is 0 Å². The van der Waals surface area contributed by atoms with Crippen molar-refractivity contribution >= 4 is 5.52 Å². The van der Waals surface area contributed by atoms with E-state index >= 15 is 0 Å². The number of hydrogen-bond donors (Lipinski definition) is 1. The number of rotatable bonds is 3. The molecule has 5 nitrogen and oxygen atoms in total. The van der Waals surface area contributed by atoms with Crippen LogP contribution in [0.5, 0.6) is 5.88 Å². The van der Waals surface area contributed by atoms with Gasteiger partial charge in [0.1, 0.15) is 18.2 Å². The second-order valence-electron chi connectivity index (χ2n) is 3.48. The van der Waals surface area contributed by atoms with E-state index in [2.05, 4.69) is 11.2 Å². The van der Waals surface area contributed by atoms with Crippen molar-refractivity contribution < 1.29 is 9.84 Å². The van der Waals surface area contributed by atoms with E-state index in [1.165, 1.54) is 0 Å². The van der Waals surface area contributed by atoms with Crippen LogP contribution in [0.2, 0.25) is 0 Å². The van der Waals surface area contributed by atoms with E-state index in [4.69, 9.17) is 15.1 Å². The Labute approximate surface area is 92.5 Å². The summed E-state index contributed by atoms with van der Waals surface area (Å²) in [6, 6.07) is 7.49. The number of nitrogens with zero attached hydrogens (tertiary/aromatic N) is 3. The molecule has 0 saturated heterocycles. The lowest BCUT2D eigenvalue weighted by molar-refractivity contribution is 0.119. The van der Waals surface area contributed by atoms with E-state index in [9.17, 15) is 0 Å². The van der Waals surface area contributed by atoms with Crippen LogP contribution in [0.25, 0.3) is 5.52 Å². The fourth-order valence-corrected chi connectivity index (χ4v) is 1.38. The Hall–Kier alpha value is -2.06. The third-order valence-corrected chi connectivity index (χ3v) is 2.08. The molecule has 0 aliphatic rings. The van der Waals surface area contributed by atoms with E-state index in [0.717, 1.165) is 0 Å². The van der Waals surface area contributed by atoms with E-state index in [1.807, 2.05) is 12.1 Å². The van der Waals surface area contributed by atoms with Gasteiger partial charge < -0.3 is 9.84 Å². The van der Waals surface area contributed by atoms with Crippen molar-refractivity contribution in [1.29, 1.82) is 5.26 Å². The molecule has 2 aromatic heterocycles. The summed E-state index contributed by atoms with van der Waals surface area (Å²) in [6.45, 7) is 1.74. The number of aromatic nitrogens is 2. The molecule has 1 atom stereocenters. The van der Waals surface area contributed by atoms with Gasteiger partial charge in [-0.3, -0.25) is 0 Å². The van der Waals surface area contributed by atoms with Crippen molar-refractivity contribution in [3.05, 3.63) is 30.0 Å². The van der Waals surface area contributed by atoms with Gasteiger partial charge in [0.15, 0.2) is 0 Å². The summed E-state index contributed by atoms with van der Waals surface area (Å²) < 4.78 is 6.85. The Morgan fingerprint density at radius 3 is 3.12 bits per heavy atom. The number of ether oxygens (including phenoxy) is 1. The maximum Gasteiger partial charge on any atom is 0.252 e. The number of pyridine rings is 1. The first-order chi connectivity index (χ1) is 7.72. The number of hydrogen-bond acceptors (Lipinski definition) is 4. The van der Waals surface area contributed by atoms with Crippen LogP contribution < -0.4 is 4.74 Å². The highest BCUT2D eigenvalue weighted by molar-refractivity contribution is 5.64. The number of nitriles is 1. The molecule has 82 valence electrons. The zero-order valence-electron chi connectivity index (χ0n) is 8.79. The first kappa shape index (κ1) is 10.5. The number of aliphatic hydroxyl groups is 1. The van der Waals surface area contributed by atoms with Crippen molar-refractivity contribution in [1.82, 2.24) is 9.61 Å². The molecule has 0 unspecified atom stereocenters. The quantitative estimate of drug-likeness (QED) is 0.831. The maximum absolute atomic E-state index is 9.11. The second-order valence-corrected chi connectivity index (χ2v) is 3.48. The first-order valence-corrected chi connectivity index (χ1v) is 4.90. The van der Waals surface area contributed by atoms with E-state index in [0.29, 0.717) is 11.1 Å². The summed E-state index contributed by atoms with van der Waals surface area (Å²) in [5.41, 5.74) is 1.09. The van der Waals surface area contributed by atoms with Crippen LogP contribution in [0, 0.1) is 11.3 Å². The van der Waals surface area contributed by atoms with Gasteiger partial charge in [-0.25, -0.2) is 4.52 Å². The van der Waals surface area contributed by atoms with Gasteiger partial charge in [-0.15, -0.1) is 5.10 Å². The average molecular weight is 217 g/mol. The second kappa shape index (κ2) is 4.21. The molecule has 0 fully saturated rings. The van der Waals surface area contributed by atoms with Crippen molar-refractivity contribution in [2.45, 2.75) is 13.0 Å². The zero-order valence-corrected chi connectivity index (χ0v) is 8.79. The summed E-state index contributed by atoms with van der Waals surface area (Å²) in [5, 5.41) is 22.3. The van der Waals surface area contributed by atoms with Gasteiger partial charge in [-0.05, 0) is 19.1 Å². The molecule has 0 spiro atoms. The van der Waals surface area contributed by atoms with Gasteiger partial charge in [0.25, 0.3) is 5.88 Å². The fourth-order valence-electron chi connectivity index (χ4n) is 1.38. The molecule has 1 N–H and O–H groups in total. The van der Waals surface area contributed by atoms with Crippen LogP contribution in [0.3, 0.4) is 0 Å². The monoisotopic (exact) mass is 217 g/mol. The molecule has 5 heteroatoms. The molecule has 0 radical (unpaired) electrons. The topological polar surface area (TPSA) is 70.6 Å².